The molecule has 118 valence electrons. The normalized spacial score (nSPS) is 10.9. The highest BCUT2D eigenvalue weighted by atomic mass is 16.2. The number of carbonyl (C=O) groups is 1. The number of benzene rings is 1. The van der Waals surface area contributed by atoms with Gasteiger partial charge in [-0.1, -0.05) is 30.3 Å². The lowest BCUT2D eigenvalue weighted by Gasteiger charge is -2.17. The Morgan fingerprint density at radius 3 is 2.77 bits per heavy atom. The van der Waals surface area contributed by atoms with Crippen molar-refractivity contribution in [2.75, 3.05) is 26.7 Å². The van der Waals surface area contributed by atoms with E-state index in [-0.39, 0.29) is 5.91 Å². The second kappa shape index (κ2) is 8.34. The van der Waals surface area contributed by atoms with Gasteiger partial charge in [-0.05, 0) is 26.0 Å². The number of nitrogens with one attached hydrogen (secondary N) is 1. The molecule has 1 amide bonds. The number of likely N-dealkylation sites (N-methyl/N-ethyl adjacent to an activating group) is 1. The molecule has 2 rings (SSSR count). The third-order valence-electron chi connectivity index (χ3n) is 3.64. The Morgan fingerprint density at radius 2 is 2.09 bits per heavy atom. The van der Waals surface area contributed by atoms with Crippen LogP contribution in [0.5, 0.6) is 0 Å². The molecule has 1 heterocycles. The van der Waals surface area contributed by atoms with Gasteiger partial charge in [-0.25, -0.2) is 4.98 Å². The maximum Gasteiger partial charge on any atom is 0.234 e. The monoisotopic (exact) mass is 300 g/mol. The Morgan fingerprint density at radius 1 is 1.32 bits per heavy atom. The van der Waals surface area contributed by atoms with Crippen LogP contribution in [0.2, 0.25) is 0 Å². The van der Waals surface area contributed by atoms with Crippen molar-refractivity contribution in [2.45, 2.75) is 19.9 Å². The molecule has 0 bridgehead atoms. The summed E-state index contributed by atoms with van der Waals surface area (Å²) in [6, 6.07) is 10.2. The molecular formula is C17H24N4O. The number of rotatable bonds is 8. The number of nitrogens with zero attached hydrogens (tertiary/aromatic N) is 3. The average molecular weight is 300 g/mol. The van der Waals surface area contributed by atoms with Gasteiger partial charge in [0.2, 0.25) is 5.91 Å². The molecule has 2 aromatic rings. The summed E-state index contributed by atoms with van der Waals surface area (Å²) < 4.78 is 2.09. The van der Waals surface area contributed by atoms with Crippen LogP contribution in [0.25, 0.3) is 0 Å². The van der Waals surface area contributed by atoms with E-state index in [0.717, 1.165) is 25.3 Å². The quantitative estimate of drug-likeness (QED) is 0.803. The van der Waals surface area contributed by atoms with E-state index in [0.29, 0.717) is 13.1 Å². The topological polar surface area (TPSA) is 50.2 Å². The van der Waals surface area contributed by atoms with E-state index >= 15 is 0 Å². The molecule has 0 saturated carbocycles. The summed E-state index contributed by atoms with van der Waals surface area (Å²) in [6.07, 6.45) is 4.62. The van der Waals surface area contributed by atoms with Crippen molar-refractivity contribution in [3.05, 3.63) is 54.1 Å². The summed E-state index contributed by atoms with van der Waals surface area (Å²) in [5.41, 5.74) is 1.24. The van der Waals surface area contributed by atoms with E-state index in [4.69, 9.17) is 0 Å². The molecule has 0 aliphatic carbocycles. The molecule has 0 aliphatic heterocycles. The fourth-order valence-corrected chi connectivity index (χ4v) is 2.29. The van der Waals surface area contributed by atoms with Gasteiger partial charge in [-0.15, -0.1) is 0 Å². The first-order valence-electron chi connectivity index (χ1n) is 7.62. The zero-order chi connectivity index (χ0) is 15.8. The Hall–Kier alpha value is -2.14. The Kier molecular flexibility index (Phi) is 6.15. The molecule has 0 aliphatic rings. The minimum absolute atomic E-state index is 0.0702. The molecule has 0 saturated heterocycles. The summed E-state index contributed by atoms with van der Waals surface area (Å²) in [5.74, 6) is 1.07. The molecule has 0 fully saturated rings. The van der Waals surface area contributed by atoms with Crippen LogP contribution in [0.1, 0.15) is 11.4 Å². The fourth-order valence-electron chi connectivity index (χ4n) is 2.29. The molecule has 0 atom stereocenters. The van der Waals surface area contributed by atoms with Crippen LogP contribution in [0.4, 0.5) is 0 Å². The highest BCUT2D eigenvalue weighted by Gasteiger charge is 2.06. The van der Waals surface area contributed by atoms with Gasteiger partial charge in [0, 0.05) is 32.0 Å². The van der Waals surface area contributed by atoms with Crippen molar-refractivity contribution in [2.24, 2.45) is 0 Å². The Labute approximate surface area is 132 Å². The summed E-state index contributed by atoms with van der Waals surface area (Å²) >= 11 is 0. The van der Waals surface area contributed by atoms with Crippen LogP contribution in [0.3, 0.4) is 0 Å². The maximum absolute atomic E-state index is 11.9. The van der Waals surface area contributed by atoms with Crippen molar-refractivity contribution < 1.29 is 4.79 Å². The summed E-state index contributed by atoms with van der Waals surface area (Å²) in [4.78, 5) is 18.1. The predicted octanol–water partition coefficient (Wildman–Crippen LogP) is 1.48. The lowest BCUT2D eigenvalue weighted by atomic mass is 10.1. The molecule has 5 heteroatoms. The van der Waals surface area contributed by atoms with Gasteiger partial charge in [0.1, 0.15) is 5.82 Å². The fraction of sp³-hybridized carbons (Fsp3) is 0.412. The molecule has 1 N–H and O–H groups in total. The van der Waals surface area contributed by atoms with Gasteiger partial charge in [-0.3, -0.25) is 9.69 Å². The number of hydrogen-bond acceptors (Lipinski definition) is 3. The summed E-state index contributed by atoms with van der Waals surface area (Å²) in [7, 11) is 1.96. The largest absolute Gasteiger partial charge is 0.355 e. The molecular weight excluding hydrogens is 276 g/mol. The first kappa shape index (κ1) is 16.2. The number of amides is 1. The van der Waals surface area contributed by atoms with Gasteiger partial charge in [0.05, 0.1) is 6.54 Å². The third-order valence-corrected chi connectivity index (χ3v) is 3.64. The molecule has 22 heavy (non-hydrogen) atoms. The zero-order valence-corrected chi connectivity index (χ0v) is 13.3. The number of hydrogen-bond donors (Lipinski definition) is 1. The Balaban J connectivity index is 1.63. The first-order valence-corrected chi connectivity index (χ1v) is 7.62. The Bertz CT molecular complexity index is 579. The lowest BCUT2D eigenvalue weighted by Crippen LogP contribution is -2.37. The molecule has 0 spiro atoms. The minimum atomic E-state index is 0.0702. The van der Waals surface area contributed by atoms with E-state index in [1.165, 1.54) is 5.56 Å². The number of imidazole rings is 1. The van der Waals surface area contributed by atoms with E-state index in [9.17, 15) is 4.79 Å². The molecule has 0 radical (unpaired) electrons. The highest BCUT2D eigenvalue weighted by molar-refractivity contribution is 5.77. The smallest absolute Gasteiger partial charge is 0.234 e. The van der Waals surface area contributed by atoms with Crippen molar-refractivity contribution in [1.82, 2.24) is 19.8 Å². The summed E-state index contributed by atoms with van der Waals surface area (Å²) in [6.45, 7) is 4.75. The molecule has 1 aromatic carbocycles. The van der Waals surface area contributed by atoms with Crippen LogP contribution in [-0.2, 0) is 17.8 Å². The molecule has 1 aromatic heterocycles. The van der Waals surface area contributed by atoms with Crippen LogP contribution >= 0.6 is 0 Å². The second-order valence-electron chi connectivity index (χ2n) is 5.49. The van der Waals surface area contributed by atoms with Gasteiger partial charge in [0.15, 0.2) is 0 Å². The molecule has 0 unspecified atom stereocenters. The average Bonchev–Trinajstić information content (AvgIpc) is 2.91. The highest BCUT2D eigenvalue weighted by Crippen LogP contribution is 1.98. The number of carbonyl (C=O) groups excluding carboxylic acids is 1. The van der Waals surface area contributed by atoms with Crippen molar-refractivity contribution in [1.29, 1.82) is 0 Å². The van der Waals surface area contributed by atoms with Crippen LogP contribution in [0, 0.1) is 6.92 Å². The lowest BCUT2D eigenvalue weighted by molar-refractivity contribution is -0.121. The van der Waals surface area contributed by atoms with E-state index in [2.05, 4.69) is 27.0 Å². The zero-order valence-electron chi connectivity index (χ0n) is 13.3. The predicted molar refractivity (Wildman–Crippen MR) is 87.6 cm³/mol. The van der Waals surface area contributed by atoms with Crippen LogP contribution < -0.4 is 5.32 Å². The standard InChI is InChI=1S/C17H24N4O/c1-15-18-10-11-21(15)13-12-20(2)14-17(22)19-9-8-16-6-4-3-5-7-16/h3-7,10-11H,8-9,12-14H2,1-2H3,(H,19,22). The van der Waals surface area contributed by atoms with Gasteiger partial charge in [0.25, 0.3) is 0 Å². The second-order valence-corrected chi connectivity index (χ2v) is 5.49. The van der Waals surface area contributed by atoms with E-state index < -0.39 is 0 Å². The van der Waals surface area contributed by atoms with Gasteiger partial charge < -0.3 is 9.88 Å². The maximum atomic E-state index is 11.9. The van der Waals surface area contributed by atoms with Crippen LogP contribution in [-0.4, -0.2) is 47.0 Å². The van der Waals surface area contributed by atoms with Crippen molar-refractivity contribution >= 4 is 5.91 Å². The SMILES string of the molecule is Cc1nccn1CCN(C)CC(=O)NCCc1ccccc1. The summed E-state index contributed by atoms with van der Waals surface area (Å²) in [5, 5.41) is 2.97. The number of aryl methyl sites for hydroxylation is 1. The van der Waals surface area contributed by atoms with Crippen molar-refractivity contribution in [3.8, 4) is 0 Å². The van der Waals surface area contributed by atoms with Crippen LogP contribution in [0.15, 0.2) is 42.7 Å². The van der Waals surface area contributed by atoms with E-state index in [1.807, 2.05) is 43.3 Å². The van der Waals surface area contributed by atoms with Gasteiger partial charge in [-0.2, -0.15) is 0 Å². The van der Waals surface area contributed by atoms with Crippen molar-refractivity contribution in [3.63, 3.8) is 0 Å². The number of aromatic nitrogens is 2. The molecule has 5 nitrogen and oxygen atoms in total. The first-order chi connectivity index (χ1) is 10.6. The third kappa shape index (κ3) is 5.33. The van der Waals surface area contributed by atoms with E-state index in [1.54, 1.807) is 6.20 Å². The minimum Gasteiger partial charge on any atom is -0.355 e. The van der Waals surface area contributed by atoms with Gasteiger partial charge >= 0.3 is 0 Å².